The molecule has 2 fully saturated rings. The Bertz CT molecular complexity index is 1420. The third kappa shape index (κ3) is 5.46. The van der Waals surface area contributed by atoms with Crippen molar-refractivity contribution in [3.05, 3.63) is 83.0 Å². The van der Waals surface area contributed by atoms with E-state index in [0.29, 0.717) is 42.9 Å². The van der Waals surface area contributed by atoms with Gasteiger partial charge in [-0.2, -0.15) is 4.98 Å². The highest BCUT2D eigenvalue weighted by atomic mass is 35.5. The van der Waals surface area contributed by atoms with Crippen LogP contribution in [0.2, 0.25) is 5.02 Å². The van der Waals surface area contributed by atoms with Gasteiger partial charge in [0, 0.05) is 55.7 Å². The first-order chi connectivity index (χ1) is 18.9. The molecule has 9 nitrogen and oxygen atoms in total. The summed E-state index contributed by atoms with van der Waals surface area (Å²) in [6.07, 6.45) is 2.49. The first-order valence-electron chi connectivity index (χ1n) is 13.5. The van der Waals surface area contributed by atoms with Crippen molar-refractivity contribution in [2.45, 2.75) is 37.6 Å². The van der Waals surface area contributed by atoms with Crippen LogP contribution in [0, 0.1) is 0 Å². The number of fused-ring (bicyclic) bond motifs is 1. The highest BCUT2D eigenvalue weighted by Gasteiger charge is 2.34. The number of aromatic nitrogens is 3. The standard InChI is InChI=1S/C29H34ClN7O2/c1-20-19-36(18-14-31-20)27(38)21-4-10-24(11-5-21)32-28-33-26-25(3-2-15-37(26)34-28)35-16-12-29(39,13-17-35)22-6-8-23(30)9-7-22/h2-11,15,20,27,31,38-39H,12-14,16-19H2,1H3,(H,32,34). The van der Waals surface area contributed by atoms with Gasteiger partial charge in [-0.1, -0.05) is 35.9 Å². The minimum Gasteiger partial charge on any atom is -0.385 e. The lowest BCUT2D eigenvalue weighted by Crippen LogP contribution is -2.50. The number of benzene rings is 2. The zero-order valence-corrected chi connectivity index (χ0v) is 22.7. The molecule has 4 aromatic rings. The molecule has 2 unspecified atom stereocenters. The number of aliphatic hydroxyl groups is 2. The van der Waals surface area contributed by atoms with Gasteiger partial charge in [0.15, 0.2) is 5.65 Å². The van der Waals surface area contributed by atoms with Gasteiger partial charge in [0.2, 0.25) is 5.95 Å². The normalized spacial score (nSPS) is 20.7. The summed E-state index contributed by atoms with van der Waals surface area (Å²) < 4.78 is 1.78. The van der Waals surface area contributed by atoms with Crippen LogP contribution in [-0.2, 0) is 5.60 Å². The fourth-order valence-corrected chi connectivity index (χ4v) is 5.75. The number of piperidine rings is 1. The van der Waals surface area contributed by atoms with Gasteiger partial charge in [0.1, 0.15) is 6.23 Å². The molecule has 2 saturated heterocycles. The van der Waals surface area contributed by atoms with Crippen LogP contribution in [0.4, 0.5) is 17.3 Å². The zero-order valence-electron chi connectivity index (χ0n) is 22.0. The van der Waals surface area contributed by atoms with E-state index in [2.05, 4.69) is 32.5 Å². The van der Waals surface area contributed by atoms with E-state index in [-0.39, 0.29) is 0 Å². The third-order valence-electron chi connectivity index (χ3n) is 7.87. The lowest BCUT2D eigenvalue weighted by atomic mass is 9.84. The van der Waals surface area contributed by atoms with Gasteiger partial charge in [0.05, 0.1) is 11.3 Å². The molecule has 6 rings (SSSR count). The van der Waals surface area contributed by atoms with E-state index in [1.807, 2.05) is 66.9 Å². The second kappa shape index (κ2) is 10.7. The van der Waals surface area contributed by atoms with E-state index in [9.17, 15) is 10.2 Å². The zero-order chi connectivity index (χ0) is 27.0. The maximum absolute atomic E-state index is 11.3. The molecule has 2 aliphatic rings. The van der Waals surface area contributed by atoms with Gasteiger partial charge in [-0.15, -0.1) is 5.10 Å². The quantitative estimate of drug-likeness (QED) is 0.288. The van der Waals surface area contributed by atoms with Crippen molar-refractivity contribution >= 4 is 34.6 Å². The summed E-state index contributed by atoms with van der Waals surface area (Å²) in [5.41, 5.74) is 3.50. The molecule has 2 aliphatic heterocycles. The fraction of sp³-hybridized carbons (Fsp3) is 0.379. The van der Waals surface area contributed by atoms with Crippen molar-refractivity contribution in [2.24, 2.45) is 0 Å². The van der Waals surface area contributed by atoms with E-state index < -0.39 is 11.8 Å². The number of rotatable bonds is 6. The first kappa shape index (κ1) is 26.0. The number of halogens is 1. The molecule has 2 aromatic carbocycles. The summed E-state index contributed by atoms with van der Waals surface area (Å²) in [4.78, 5) is 9.13. The number of anilines is 3. The highest BCUT2D eigenvalue weighted by Crippen LogP contribution is 2.36. The number of hydrogen-bond acceptors (Lipinski definition) is 8. The highest BCUT2D eigenvalue weighted by molar-refractivity contribution is 6.30. The third-order valence-corrected chi connectivity index (χ3v) is 8.12. The van der Waals surface area contributed by atoms with Crippen LogP contribution in [-0.4, -0.2) is 68.5 Å². The van der Waals surface area contributed by atoms with Crippen molar-refractivity contribution in [1.29, 1.82) is 0 Å². The minimum absolute atomic E-state index is 0.361. The minimum atomic E-state index is -0.866. The SMILES string of the molecule is CC1CN(C(O)c2ccc(Nc3nc4c(N5CCC(O)(c6ccc(Cl)cc6)CC5)cccn4n3)cc2)CCN1. The van der Waals surface area contributed by atoms with Crippen LogP contribution in [0.15, 0.2) is 66.9 Å². The van der Waals surface area contributed by atoms with Crippen molar-refractivity contribution in [3.63, 3.8) is 0 Å². The molecule has 10 heteroatoms. The molecule has 0 bridgehead atoms. The monoisotopic (exact) mass is 547 g/mol. The Kier molecular flexibility index (Phi) is 7.18. The summed E-state index contributed by atoms with van der Waals surface area (Å²) in [5, 5.41) is 34.1. The number of piperazine rings is 1. The number of aliphatic hydroxyl groups excluding tert-OH is 1. The predicted molar refractivity (Wildman–Crippen MR) is 154 cm³/mol. The second-order valence-electron chi connectivity index (χ2n) is 10.6. The summed E-state index contributed by atoms with van der Waals surface area (Å²) in [5.74, 6) is 0.501. The molecule has 4 N–H and O–H groups in total. The van der Waals surface area contributed by atoms with Crippen molar-refractivity contribution in [1.82, 2.24) is 24.8 Å². The van der Waals surface area contributed by atoms with Crippen molar-refractivity contribution < 1.29 is 10.2 Å². The fourth-order valence-electron chi connectivity index (χ4n) is 5.62. The molecule has 0 aliphatic carbocycles. The van der Waals surface area contributed by atoms with E-state index >= 15 is 0 Å². The molecule has 0 spiro atoms. The molecule has 204 valence electrons. The maximum atomic E-state index is 11.3. The number of hydrogen-bond donors (Lipinski definition) is 4. The molecular weight excluding hydrogens is 514 g/mol. The van der Waals surface area contributed by atoms with E-state index in [4.69, 9.17) is 16.6 Å². The lowest BCUT2D eigenvalue weighted by molar-refractivity contribution is -0.0138. The van der Waals surface area contributed by atoms with Gasteiger partial charge in [-0.3, -0.25) is 4.90 Å². The first-order valence-corrected chi connectivity index (χ1v) is 13.9. The van der Waals surface area contributed by atoms with Crippen LogP contribution in [0.3, 0.4) is 0 Å². The summed E-state index contributed by atoms with van der Waals surface area (Å²) in [6, 6.07) is 19.6. The average Bonchev–Trinajstić information content (AvgIpc) is 3.36. The van der Waals surface area contributed by atoms with E-state index in [1.165, 1.54) is 0 Å². The smallest absolute Gasteiger partial charge is 0.247 e. The van der Waals surface area contributed by atoms with Crippen molar-refractivity contribution in [3.8, 4) is 0 Å². The Morgan fingerprint density at radius 1 is 1.05 bits per heavy atom. The van der Waals surface area contributed by atoms with E-state index in [1.54, 1.807) is 4.52 Å². The Labute approximate surface area is 233 Å². The molecule has 39 heavy (non-hydrogen) atoms. The molecule has 0 saturated carbocycles. The number of nitrogens with zero attached hydrogens (tertiary/aromatic N) is 5. The Morgan fingerprint density at radius 2 is 1.79 bits per heavy atom. The number of nitrogens with one attached hydrogen (secondary N) is 2. The van der Waals surface area contributed by atoms with Gasteiger partial charge < -0.3 is 25.7 Å². The molecule has 2 aromatic heterocycles. The largest absolute Gasteiger partial charge is 0.385 e. The molecular formula is C29H34ClN7O2. The predicted octanol–water partition coefficient (Wildman–Crippen LogP) is 3.90. The van der Waals surface area contributed by atoms with Crippen LogP contribution in [0.1, 0.15) is 37.1 Å². The van der Waals surface area contributed by atoms with Crippen LogP contribution < -0.4 is 15.5 Å². The van der Waals surface area contributed by atoms with Gasteiger partial charge in [-0.05, 0) is 67.3 Å². The van der Waals surface area contributed by atoms with Gasteiger partial charge >= 0.3 is 0 Å². The Hall–Kier alpha value is -3.21. The van der Waals surface area contributed by atoms with Crippen LogP contribution in [0.25, 0.3) is 5.65 Å². The van der Waals surface area contributed by atoms with E-state index in [0.717, 1.165) is 47.8 Å². The molecule has 0 amide bonds. The Morgan fingerprint density at radius 3 is 2.51 bits per heavy atom. The van der Waals surface area contributed by atoms with Crippen molar-refractivity contribution in [2.75, 3.05) is 42.9 Å². The summed E-state index contributed by atoms with van der Waals surface area (Å²) in [7, 11) is 0. The van der Waals surface area contributed by atoms with Crippen LogP contribution >= 0.6 is 11.6 Å². The molecule has 2 atom stereocenters. The average molecular weight is 548 g/mol. The Balaban J connectivity index is 1.14. The maximum Gasteiger partial charge on any atom is 0.247 e. The second-order valence-corrected chi connectivity index (χ2v) is 11.0. The summed E-state index contributed by atoms with van der Waals surface area (Å²) in [6.45, 7) is 6.03. The molecule has 0 radical (unpaired) electrons. The van der Waals surface area contributed by atoms with Gasteiger partial charge in [-0.25, -0.2) is 4.52 Å². The molecule has 4 heterocycles. The number of pyridine rings is 1. The lowest BCUT2D eigenvalue weighted by Gasteiger charge is -2.39. The summed E-state index contributed by atoms with van der Waals surface area (Å²) >= 11 is 6.04. The van der Waals surface area contributed by atoms with Gasteiger partial charge in [0.25, 0.3) is 0 Å². The van der Waals surface area contributed by atoms with Crippen LogP contribution in [0.5, 0.6) is 0 Å². The topological polar surface area (TPSA) is 101 Å².